The van der Waals surface area contributed by atoms with E-state index >= 15 is 0 Å². The summed E-state index contributed by atoms with van der Waals surface area (Å²) >= 11 is 6.07. The Labute approximate surface area is 129 Å². The van der Waals surface area contributed by atoms with Crippen LogP contribution in [0.15, 0.2) is 24.3 Å². The molecule has 1 spiro atoms. The Bertz CT molecular complexity index is 587. The van der Waals surface area contributed by atoms with E-state index in [1.165, 1.54) is 0 Å². The zero-order chi connectivity index (χ0) is 15.0. The number of piperidine rings is 1. The van der Waals surface area contributed by atoms with Crippen molar-refractivity contribution in [1.29, 1.82) is 0 Å². The molecular formula is C14H17BClN3O2. The van der Waals surface area contributed by atoms with Crippen molar-refractivity contribution in [2.75, 3.05) is 24.7 Å². The maximum Gasteiger partial charge on any atom is 0.247 e. The topological polar surface area (TPSA) is 52.7 Å². The molecule has 0 atom stereocenters. The molecule has 0 unspecified atom stereocenters. The van der Waals surface area contributed by atoms with Crippen molar-refractivity contribution in [3.05, 3.63) is 29.3 Å². The zero-order valence-electron chi connectivity index (χ0n) is 11.9. The third-order valence-electron chi connectivity index (χ3n) is 4.49. The van der Waals surface area contributed by atoms with Crippen molar-refractivity contribution < 1.29 is 9.59 Å². The number of likely N-dealkylation sites (tertiary alicyclic amines) is 1. The van der Waals surface area contributed by atoms with E-state index in [2.05, 4.69) is 10.2 Å². The van der Waals surface area contributed by atoms with Crippen LogP contribution in [0.2, 0.25) is 5.02 Å². The van der Waals surface area contributed by atoms with Crippen molar-refractivity contribution in [1.82, 2.24) is 10.2 Å². The highest BCUT2D eigenvalue weighted by Crippen LogP contribution is 2.36. The lowest BCUT2D eigenvalue weighted by molar-refractivity contribution is -0.124. The summed E-state index contributed by atoms with van der Waals surface area (Å²) in [6, 6.07) is 7.55. The number of amides is 2. The molecular weight excluding hydrogens is 288 g/mol. The van der Waals surface area contributed by atoms with Crippen molar-refractivity contribution in [2.45, 2.75) is 18.4 Å². The van der Waals surface area contributed by atoms with Gasteiger partial charge in [0.05, 0.1) is 6.67 Å². The molecule has 7 heteroatoms. The summed E-state index contributed by atoms with van der Waals surface area (Å²) < 4.78 is 0. The first-order valence-electron chi connectivity index (χ1n) is 7.10. The van der Waals surface area contributed by atoms with Crippen LogP contribution < -0.4 is 10.2 Å². The second-order valence-electron chi connectivity index (χ2n) is 5.61. The number of benzene rings is 1. The predicted octanol–water partition coefficient (Wildman–Crippen LogP) is 0.821. The van der Waals surface area contributed by atoms with Crippen LogP contribution in [-0.2, 0) is 4.79 Å². The molecule has 0 radical (unpaired) electrons. The summed E-state index contributed by atoms with van der Waals surface area (Å²) in [7, 11) is 1.57. The first-order valence-corrected chi connectivity index (χ1v) is 7.48. The highest BCUT2D eigenvalue weighted by molar-refractivity contribution is 6.56. The van der Waals surface area contributed by atoms with Gasteiger partial charge in [0.25, 0.3) is 0 Å². The molecule has 2 saturated heterocycles. The Kier molecular flexibility index (Phi) is 3.57. The van der Waals surface area contributed by atoms with Crippen LogP contribution in [0.4, 0.5) is 10.5 Å². The lowest BCUT2D eigenvalue weighted by atomic mass is 9.85. The summed E-state index contributed by atoms with van der Waals surface area (Å²) in [4.78, 5) is 27.8. The lowest BCUT2D eigenvalue weighted by Crippen LogP contribution is -2.57. The fraction of sp³-hybridized carbons (Fsp3) is 0.429. The van der Waals surface area contributed by atoms with Gasteiger partial charge in [-0.2, -0.15) is 0 Å². The SMILES string of the molecule is BC(=O)N1CCC2(CC1)C(=O)NCN2c1cccc(Cl)c1. The average molecular weight is 306 g/mol. The molecule has 1 N–H and O–H groups in total. The van der Waals surface area contributed by atoms with Crippen LogP contribution >= 0.6 is 11.6 Å². The Hall–Kier alpha value is -1.69. The molecule has 1 aromatic carbocycles. The molecule has 2 fully saturated rings. The van der Waals surface area contributed by atoms with Gasteiger partial charge in [-0.05, 0) is 31.0 Å². The molecule has 110 valence electrons. The highest BCUT2D eigenvalue weighted by Gasteiger charge is 2.50. The standard InChI is InChI=1S/C14H17BClN3O2/c15-13(21)18-6-4-14(5-7-18)12(20)17-9-19(14)11-3-1-2-10(16)8-11/h1-3,8H,4-7,9,15H2,(H,17,20). The van der Waals surface area contributed by atoms with E-state index in [9.17, 15) is 9.59 Å². The number of carbonyl (C=O) groups is 2. The maximum absolute atomic E-state index is 12.4. The van der Waals surface area contributed by atoms with Crippen molar-refractivity contribution in [3.8, 4) is 0 Å². The molecule has 2 aliphatic rings. The fourth-order valence-electron chi connectivity index (χ4n) is 3.26. The van der Waals surface area contributed by atoms with E-state index in [1.807, 2.05) is 24.3 Å². The van der Waals surface area contributed by atoms with Gasteiger partial charge in [0.15, 0.2) is 5.81 Å². The maximum atomic E-state index is 12.4. The Morgan fingerprint density at radius 3 is 2.67 bits per heavy atom. The second-order valence-corrected chi connectivity index (χ2v) is 6.05. The van der Waals surface area contributed by atoms with Gasteiger partial charge in [-0.1, -0.05) is 17.7 Å². The minimum Gasteiger partial charge on any atom is -0.352 e. The fourth-order valence-corrected chi connectivity index (χ4v) is 3.44. The number of hydrogen-bond donors (Lipinski definition) is 1. The van der Waals surface area contributed by atoms with Crippen LogP contribution in [0.3, 0.4) is 0 Å². The summed E-state index contributed by atoms with van der Waals surface area (Å²) in [5, 5.41) is 3.59. The van der Waals surface area contributed by atoms with Crippen LogP contribution in [0.1, 0.15) is 12.8 Å². The largest absolute Gasteiger partial charge is 0.352 e. The van der Waals surface area contributed by atoms with Crippen LogP contribution in [-0.4, -0.2) is 49.8 Å². The van der Waals surface area contributed by atoms with Gasteiger partial charge in [0, 0.05) is 23.8 Å². The van der Waals surface area contributed by atoms with E-state index in [0.717, 1.165) is 5.69 Å². The molecule has 0 saturated carbocycles. The van der Waals surface area contributed by atoms with Gasteiger partial charge in [-0.3, -0.25) is 9.59 Å². The van der Waals surface area contributed by atoms with Gasteiger partial charge < -0.3 is 15.1 Å². The number of anilines is 1. The van der Waals surface area contributed by atoms with E-state index < -0.39 is 5.54 Å². The summed E-state index contributed by atoms with van der Waals surface area (Å²) in [5.74, 6) is 0.114. The first-order chi connectivity index (χ1) is 10.0. The van der Waals surface area contributed by atoms with Crippen molar-refractivity contribution in [3.63, 3.8) is 0 Å². The smallest absolute Gasteiger partial charge is 0.247 e. The molecule has 2 heterocycles. The monoisotopic (exact) mass is 305 g/mol. The first kappa shape index (κ1) is 14.3. The second kappa shape index (κ2) is 5.26. The molecule has 0 aliphatic carbocycles. The third kappa shape index (κ3) is 2.37. The molecule has 0 aromatic heterocycles. The molecule has 0 bridgehead atoms. The Balaban J connectivity index is 1.88. The van der Waals surface area contributed by atoms with E-state index in [4.69, 9.17) is 11.6 Å². The summed E-state index contributed by atoms with van der Waals surface area (Å²) in [5.41, 5.74) is 0.383. The molecule has 5 nitrogen and oxygen atoms in total. The van der Waals surface area contributed by atoms with Gasteiger partial charge in [0.1, 0.15) is 5.54 Å². The molecule has 21 heavy (non-hydrogen) atoms. The Morgan fingerprint density at radius 2 is 2.05 bits per heavy atom. The normalized spacial score (nSPS) is 20.7. The number of carbonyl (C=O) groups excluding carboxylic acids is 2. The van der Waals surface area contributed by atoms with Crippen molar-refractivity contribution >= 4 is 36.8 Å². The number of rotatable bonds is 1. The lowest BCUT2D eigenvalue weighted by Gasteiger charge is -2.43. The van der Waals surface area contributed by atoms with Crippen molar-refractivity contribution in [2.24, 2.45) is 0 Å². The number of halogens is 1. The average Bonchev–Trinajstić information content (AvgIpc) is 2.77. The van der Waals surface area contributed by atoms with E-state index in [1.54, 1.807) is 12.7 Å². The van der Waals surface area contributed by atoms with Crippen LogP contribution in [0.5, 0.6) is 0 Å². The van der Waals surface area contributed by atoms with Crippen LogP contribution in [0.25, 0.3) is 0 Å². The summed E-state index contributed by atoms with van der Waals surface area (Å²) in [6.45, 7) is 1.71. The summed E-state index contributed by atoms with van der Waals surface area (Å²) in [6.07, 6.45) is 1.29. The minimum atomic E-state index is -0.559. The van der Waals surface area contributed by atoms with Crippen LogP contribution in [0, 0.1) is 0 Å². The number of hydrogen-bond acceptors (Lipinski definition) is 3. The molecule has 2 amide bonds. The molecule has 2 aliphatic heterocycles. The number of nitrogens with one attached hydrogen (secondary N) is 1. The Morgan fingerprint density at radius 1 is 1.33 bits per heavy atom. The number of nitrogens with zero attached hydrogens (tertiary/aromatic N) is 2. The van der Waals surface area contributed by atoms with Gasteiger partial charge in [-0.25, -0.2) is 0 Å². The van der Waals surface area contributed by atoms with Gasteiger partial charge in [-0.15, -0.1) is 0 Å². The quantitative estimate of drug-likeness (QED) is 0.782. The zero-order valence-corrected chi connectivity index (χ0v) is 12.7. The molecule has 1 aromatic rings. The predicted molar refractivity (Wildman–Crippen MR) is 84.4 cm³/mol. The van der Waals surface area contributed by atoms with Gasteiger partial charge >= 0.3 is 0 Å². The minimum absolute atomic E-state index is 0.0469. The van der Waals surface area contributed by atoms with E-state index in [-0.39, 0.29) is 11.7 Å². The van der Waals surface area contributed by atoms with E-state index in [0.29, 0.717) is 37.6 Å². The molecule has 3 rings (SSSR count). The third-order valence-corrected chi connectivity index (χ3v) is 4.73. The highest BCUT2D eigenvalue weighted by atomic mass is 35.5. The van der Waals surface area contributed by atoms with Gasteiger partial charge in [0.2, 0.25) is 13.8 Å².